The number of carbonyl (C=O) groups is 1. The van der Waals surface area contributed by atoms with E-state index in [2.05, 4.69) is 15.3 Å². The van der Waals surface area contributed by atoms with E-state index >= 15 is 0 Å². The average molecular weight is 241 g/mol. The molecule has 0 saturated carbocycles. The number of pyridine rings is 2. The normalized spacial score (nSPS) is 11.8. The summed E-state index contributed by atoms with van der Waals surface area (Å²) in [6.07, 6.45) is 7.55. The van der Waals surface area contributed by atoms with Gasteiger partial charge in [-0.3, -0.25) is 14.8 Å². The predicted octanol–water partition coefficient (Wildman–Crippen LogP) is 2.36. The van der Waals surface area contributed by atoms with Crippen LogP contribution in [0.15, 0.2) is 49.1 Å². The standard InChI is InChI=1S/C14H15N3O/c1-2-13(12-4-3-7-16-10-12)17-14(18)11-5-8-15-9-6-11/h3-10,13H,2H2,1H3,(H,17,18)/t13-/m0/s1. The van der Waals surface area contributed by atoms with Crippen molar-refractivity contribution in [1.82, 2.24) is 15.3 Å². The molecule has 2 aromatic rings. The number of aromatic nitrogens is 2. The molecule has 0 fully saturated rings. The van der Waals surface area contributed by atoms with Crippen molar-refractivity contribution in [1.29, 1.82) is 0 Å². The predicted molar refractivity (Wildman–Crippen MR) is 69.0 cm³/mol. The molecule has 4 nitrogen and oxygen atoms in total. The molecule has 0 radical (unpaired) electrons. The van der Waals surface area contributed by atoms with Crippen LogP contribution < -0.4 is 5.32 Å². The minimum absolute atomic E-state index is 0.0145. The Morgan fingerprint density at radius 3 is 2.61 bits per heavy atom. The topological polar surface area (TPSA) is 54.9 Å². The van der Waals surface area contributed by atoms with Gasteiger partial charge in [0.05, 0.1) is 6.04 Å². The van der Waals surface area contributed by atoms with Crippen molar-refractivity contribution in [2.24, 2.45) is 0 Å². The van der Waals surface area contributed by atoms with E-state index in [0.717, 1.165) is 12.0 Å². The summed E-state index contributed by atoms with van der Waals surface area (Å²) in [7, 11) is 0. The van der Waals surface area contributed by atoms with Gasteiger partial charge in [-0.2, -0.15) is 0 Å². The fourth-order valence-electron chi connectivity index (χ4n) is 1.75. The lowest BCUT2D eigenvalue weighted by atomic mass is 10.1. The fourth-order valence-corrected chi connectivity index (χ4v) is 1.75. The molecule has 2 heterocycles. The van der Waals surface area contributed by atoms with Crippen LogP contribution in [0.1, 0.15) is 35.3 Å². The molecule has 92 valence electrons. The first-order valence-corrected chi connectivity index (χ1v) is 5.92. The number of nitrogens with zero attached hydrogens (tertiary/aromatic N) is 2. The summed E-state index contributed by atoms with van der Waals surface area (Å²) in [4.78, 5) is 20.0. The van der Waals surface area contributed by atoms with E-state index in [4.69, 9.17) is 0 Å². The minimum atomic E-state index is -0.0897. The van der Waals surface area contributed by atoms with Gasteiger partial charge in [-0.05, 0) is 30.2 Å². The Kier molecular flexibility index (Phi) is 4.02. The second kappa shape index (κ2) is 5.91. The largest absolute Gasteiger partial charge is 0.345 e. The number of hydrogen-bond donors (Lipinski definition) is 1. The van der Waals surface area contributed by atoms with Crippen LogP contribution in [0.2, 0.25) is 0 Å². The summed E-state index contributed by atoms with van der Waals surface area (Å²) in [5, 5.41) is 2.99. The van der Waals surface area contributed by atoms with Gasteiger partial charge < -0.3 is 5.32 Å². The number of carbonyl (C=O) groups excluding carboxylic acids is 1. The third-order valence-corrected chi connectivity index (χ3v) is 2.74. The summed E-state index contributed by atoms with van der Waals surface area (Å²) >= 11 is 0. The quantitative estimate of drug-likeness (QED) is 0.894. The van der Waals surface area contributed by atoms with Gasteiger partial charge in [-0.15, -0.1) is 0 Å². The lowest BCUT2D eigenvalue weighted by Gasteiger charge is -2.16. The van der Waals surface area contributed by atoms with Gasteiger partial charge in [0.1, 0.15) is 0 Å². The van der Waals surface area contributed by atoms with Crippen molar-refractivity contribution >= 4 is 5.91 Å². The summed E-state index contributed by atoms with van der Waals surface area (Å²) < 4.78 is 0. The summed E-state index contributed by atoms with van der Waals surface area (Å²) in [5.74, 6) is -0.0897. The third-order valence-electron chi connectivity index (χ3n) is 2.74. The van der Waals surface area contributed by atoms with E-state index in [1.807, 2.05) is 19.1 Å². The highest BCUT2D eigenvalue weighted by atomic mass is 16.1. The van der Waals surface area contributed by atoms with Gasteiger partial charge in [0, 0.05) is 30.4 Å². The Labute approximate surface area is 106 Å². The van der Waals surface area contributed by atoms with Crippen LogP contribution in [0, 0.1) is 0 Å². The summed E-state index contributed by atoms with van der Waals surface area (Å²) in [6, 6.07) is 7.22. The Morgan fingerprint density at radius 1 is 1.22 bits per heavy atom. The van der Waals surface area contributed by atoms with Crippen LogP contribution in [0.25, 0.3) is 0 Å². The van der Waals surface area contributed by atoms with E-state index < -0.39 is 0 Å². The molecule has 0 spiro atoms. The zero-order valence-corrected chi connectivity index (χ0v) is 10.2. The molecule has 0 aliphatic carbocycles. The number of rotatable bonds is 4. The molecule has 1 atom stereocenters. The first kappa shape index (κ1) is 12.2. The highest BCUT2D eigenvalue weighted by Gasteiger charge is 2.13. The molecule has 0 saturated heterocycles. The number of amides is 1. The molecule has 0 unspecified atom stereocenters. The average Bonchev–Trinajstić information content (AvgIpc) is 2.46. The molecular formula is C14H15N3O. The molecule has 2 aromatic heterocycles. The molecule has 4 heteroatoms. The Bertz CT molecular complexity index is 499. The molecule has 18 heavy (non-hydrogen) atoms. The monoisotopic (exact) mass is 241 g/mol. The highest BCUT2D eigenvalue weighted by Crippen LogP contribution is 2.15. The maximum atomic E-state index is 12.0. The van der Waals surface area contributed by atoms with E-state index in [0.29, 0.717) is 5.56 Å². The molecule has 0 bridgehead atoms. The second-order valence-electron chi connectivity index (χ2n) is 3.96. The first-order chi connectivity index (χ1) is 8.81. The van der Waals surface area contributed by atoms with Gasteiger partial charge >= 0.3 is 0 Å². The van der Waals surface area contributed by atoms with Crippen molar-refractivity contribution in [3.63, 3.8) is 0 Å². The van der Waals surface area contributed by atoms with Crippen LogP contribution in [0.4, 0.5) is 0 Å². The maximum absolute atomic E-state index is 12.0. The smallest absolute Gasteiger partial charge is 0.251 e. The van der Waals surface area contributed by atoms with Gasteiger partial charge in [0.15, 0.2) is 0 Å². The van der Waals surface area contributed by atoms with E-state index in [9.17, 15) is 4.79 Å². The zero-order chi connectivity index (χ0) is 12.8. The van der Waals surface area contributed by atoms with Crippen LogP contribution in [-0.4, -0.2) is 15.9 Å². The molecule has 0 aliphatic rings. The summed E-state index contributed by atoms with van der Waals surface area (Å²) in [6.45, 7) is 2.03. The molecule has 0 aliphatic heterocycles. The van der Waals surface area contributed by atoms with E-state index in [1.165, 1.54) is 0 Å². The molecule has 0 aromatic carbocycles. The van der Waals surface area contributed by atoms with Crippen LogP contribution in [0.3, 0.4) is 0 Å². The molecular weight excluding hydrogens is 226 g/mol. The lowest BCUT2D eigenvalue weighted by Crippen LogP contribution is -2.28. The Hall–Kier alpha value is -2.23. The van der Waals surface area contributed by atoms with Gasteiger partial charge in [0.25, 0.3) is 5.91 Å². The van der Waals surface area contributed by atoms with Crippen molar-refractivity contribution in [2.45, 2.75) is 19.4 Å². The SMILES string of the molecule is CC[C@H](NC(=O)c1ccncc1)c1cccnc1. The van der Waals surface area contributed by atoms with Crippen molar-refractivity contribution < 1.29 is 4.79 Å². The van der Waals surface area contributed by atoms with Crippen LogP contribution in [-0.2, 0) is 0 Å². The van der Waals surface area contributed by atoms with Gasteiger partial charge in [-0.25, -0.2) is 0 Å². The summed E-state index contributed by atoms with van der Waals surface area (Å²) in [5.41, 5.74) is 1.63. The van der Waals surface area contributed by atoms with Crippen molar-refractivity contribution in [2.75, 3.05) is 0 Å². The lowest BCUT2D eigenvalue weighted by molar-refractivity contribution is 0.0935. The fraction of sp³-hybridized carbons (Fsp3) is 0.214. The number of hydrogen-bond acceptors (Lipinski definition) is 3. The number of nitrogens with one attached hydrogen (secondary N) is 1. The van der Waals surface area contributed by atoms with E-state index in [1.54, 1.807) is 36.9 Å². The minimum Gasteiger partial charge on any atom is -0.345 e. The third kappa shape index (κ3) is 2.91. The van der Waals surface area contributed by atoms with E-state index in [-0.39, 0.29) is 11.9 Å². The molecule has 1 amide bonds. The Balaban J connectivity index is 2.10. The molecule has 2 rings (SSSR count). The second-order valence-corrected chi connectivity index (χ2v) is 3.96. The van der Waals surface area contributed by atoms with Gasteiger partial charge in [0.2, 0.25) is 0 Å². The van der Waals surface area contributed by atoms with Crippen molar-refractivity contribution in [3.8, 4) is 0 Å². The Morgan fingerprint density at radius 2 is 2.00 bits per heavy atom. The molecule has 1 N–H and O–H groups in total. The van der Waals surface area contributed by atoms with Gasteiger partial charge in [-0.1, -0.05) is 13.0 Å². The van der Waals surface area contributed by atoms with Crippen molar-refractivity contribution in [3.05, 3.63) is 60.2 Å². The van der Waals surface area contributed by atoms with Crippen LogP contribution >= 0.6 is 0 Å². The maximum Gasteiger partial charge on any atom is 0.251 e. The zero-order valence-electron chi connectivity index (χ0n) is 10.2. The first-order valence-electron chi connectivity index (χ1n) is 5.92. The highest BCUT2D eigenvalue weighted by molar-refractivity contribution is 5.94. The van der Waals surface area contributed by atoms with Crippen LogP contribution in [0.5, 0.6) is 0 Å².